The van der Waals surface area contributed by atoms with Gasteiger partial charge in [-0.2, -0.15) is 0 Å². The Hall–Kier alpha value is -1.06. The van der Waals surface area contributed by atoms with E-state index in [-0.39, 0.29) is 22.8 Å². The van der Waals surface area contributed by atoms with Gasteiger partial charge in [0.15, 0.2) is 0 Å². The zero-order chi connectivity index (χ0) is 21.5. The lowest BCUT2D eigenvalue weighted by molar-refractivity contribution is -0.149. The van der Waals surface area contributed by atoms with Gasteiger partial charge >= 0.3 is 11.9 Å². The van der Waals surface area contributed by atoms with Crippen LogP contribution in [0.2, 0.25) is 0 Å². The van der Waals surface area contributed by atoms with Gasteiger partial charge in [-0.05, 0) is 36.5 Å². The Balaban J connectivity index is 3.82. The highest BCUT2D eigenvalue weighted by molar-refractivity contribution is 5.70. The molecule has 0 fully saturated rings. The highest BCUT2D eigenvalue weighted by atomic mass is 16.5. The molecule has 0 aromatic heterocycles. The molecule has 4 heteroatoms. The molecule has 0 saturated heterocycles. The van der Waals surface area contributed by atoms with Gasteiger partial charge in [0.05, 0.1) is 13.2 Å². The van der Waals surface area contributed by atoms with Crippen LogP contribution < -0.4 is 0 Å². The summed E-state index contributed by atoms with van der Waals surface area (Å²) in [6.07, 6.45) is 11.5. The fourth-order valence-corrected chi connectivity index (χ4v) is 3.09. The van der Waals surface area contributed by atoms with Crippen molar-refractivity contribution < 1.29 is 19.1 Å². The van der Waals surface area contributed by atoms with Crippen LogP contribution in [0.15, 0.2) is 0 Å². The maximum atomic E-state index is 11.9. The largest absolute Gasteiger partial charge is 0.465 e. The molecule has 0 heterocycles. The summed E-state index contributed by atoms with van der Waals surface area (Å²) in [5, 5.41) is 0. The first-order valence-electron chi connectivity index (χ1n) is 11.4. The van der Waals surface area contributed by atoms with Crippen LogP contribution in [0.5, 0.6) is 0 Å². The SMILES string of the molecule is CCCCCC(C)(C)COC(=O)CCCCC(=O)OCC(C)(C)CCCCC. The van der Waals surface area contributed by atoms with Gasteiger partial charge in [0, 0.05) is 12.8 Å². The van der Waals surface area contributed by atoms with E-state index in [0.717, 1.165) is 12.8 Å². The van der Waals surface area contributed by atoms with Gasteiger partial charge in [-0.1, -0.05) is 80.1 Å². The second kappa shape index (κ2) is 14.9. The first-order valence-corrected chi connectivity index (χ1v) is 11.4. The van der Waals surface area contributed by atoms with E-state index in [9.17, 15) is 9.59 Å². The zero-order valence-corrected chi connectivity index (χ0v) is 19.5. The number of ether oxygens (including phenoxy) is 2. The third-order valence-corrected chi connectivity index (χ3v) is 5.17. The van der Waals surface area contributed by atoms with Crippen molar-refractivity contribution in [1.82, 2.24) is 0 Å². The molecular weight excluding hydrogens is 352 g/mol. The fourth-order valence-electron chi connectivity index (χ4n) is 3.09. The van der Waals surface area contributed by atoms with E-state index in [1.807, 2.05) is 0 Å². The monoisotopic (exact) mass is 398 g/mol. The molecule has 0 unspecified atom stereocenters. The van der Waals surface area contributed by atoms with Crippen molar-refractivity contribution in [3.8, 4) is 0 Å². The molecule has 0 radical (unpaired) electrons. The van der Waals surface area contributed by atoms with Gasteiger partial charge in [0.2, 0.25) is 0 Å². The van der Waals surface area contributed by atoms with E-state index in [2.05, 4.69) is 41.5 Å². The van der Waals surface area contributed by atoms with Crippen LogP contribution in [-0.2, 0) is 19.1 Å². The van der Waals surface area contributed by atoms with E-state index < -0.39 is 0 Å². The molecule has 0 aliphatic heterocycles. The number of rotatable bonds is 17. The lowest BCUT2D eigenvalue weighted by Gasteiger charge is -2.24. The first kappa shape index (κ1) is 26.9. The van der Waals surface area contributed by atoms with E-state index in [0.29, 0.717) is 38.9 Å². The van der Waals surface area contributed by atoms with Gasteiger partial charge in [-0.15, -0.1) is 0 Å². The number of esters is 2. The molecule has 0 bridgehead atoms. The van der Waals surface area contributed by atoms with Crippen LogP contribution in [0.1, 0.15) is 119 Å². The van der Waals surface area contributed by atoms with Crippen LogP contribution in [0.3, 0.4) is 0 Å². The minimum absolute atomic E-state index is 0.0402. The molecule has 0 aliphatic rings. The Morgan fingerprint density at radius 1 is 0.607 bits per heavy atom. The van der Waals surface area contributed by atoms with Gasteiger partial charge in [0.25, 0.3) is 0 Å². The van der Waals surface area contributed by atoms with Crippen molar-refractivity contribution in [3.05, 3.63) is 0 Å². The predicted octanol–water partition coefficient (Wildman–Crippen LogP) is 6.85. The normalized spacial score (nSPS) is 12.1. The molecule has 0 aliphatic carbocycles. The first-order chi connectivity index (χ1) is 13.1. The standard InChI is InChI=1S/C24H46O4/c1-7-9-13-17-23(3,4)19-27-21(25)15-11-12-16-22(26)28-20-24(5,6)18-14-10-8-2/h7-20H2,1-6H3. The van der Waals surface area contributed by atoms with Gasteiger partial charge in [-0.25, -0.2) is 0 Å². The quantitative estimate of drug-likeness (QED) is 0.199. The summed E-state index contributed by atoms with van der Waals surface area (Å²) >= 11 is 0. The van der Waals surface area contributed by atoms with E-state index >= 15 is 0 Å². The molecule has 0 spiro atoms. The van der Waals surface area contributed by atoms with Gasteiger partial charge < -0.3 is 9.47 Å². The van der Waals surface area contributed by atoms with Crippen LogP contribution in [0.25, 0.3) is 0 Å². The van der Waals surface area contributed by atoms with Gasteiger partial charge in [-0.3, -0.25) is 9.59 Å². The van der Waals surface area contributed by atoms with E-state index in [1.54, 1.807) is 0 Å². The number of carbonyl (C=O) groups excluding carboxylic acids is 2. The lowest BCUT2D eigenvalue weighted by atomic mass is 9.88. The van der Waals surface area contributed by atoms with Crippen LogP contribution in [0, 0.1) is 10.8 Å². The topological polar surface area (TPSA) is 52.6 Å². The van der Waals surface area contributed by atoms with Crippen molar-refractivity contribution in [3.63, 3.8) is 0 Å². The van der Waals surface area contributed by atoms with Crippen LogP contribution in [-0.4, -0.2) is 25.2 Å². The molecular formula is C24H46O4. The van der Waals surface area contributed by atoms with Crippen LogP contribution >= 0.6 is 0 Å². The third-order valence-electron chi connectivity index (χ3n) is 5.17. The molecule has 0 amide bonds. The highest BCUT2D eigenvalue weighted by Crippen LogP contribution is 2.25. The number of hydrogen-bond acceptors (Lipinski definition) is 4. The minimum atomic E-state index is -0.158. The Morgan fingerprint density at radius 3 is 1.29 bits per heavy atom. The summed E-state index contributed by atoms with van der Waals surface area (Å²) in [5.41, 5.74) is 0.0805. The molecule has 166 valence electrons. The number of carbonyl (C=O) groups is 2. The smallest absolute Gasteiger partial charge is 0.305 e. The lowest BCUT2D eigenvalue weighted by Crippen LogP contribution is -2.22. The van der Waals surface area contributed by atoms with E-state index in [4.69, 9.17) is 9.47 Å². The number of hydrogen-bond donors (Lipinski definition) is 0. The molecule has 4 nitrogen and oxygen atoms in total. The highest BCUT2D eigenvalue weighted by Gasteiger charge is 2.21. The Morgan fingerprint density at radius 2 is 0.964 bits per heavy atom. The molecule has 0 atom stereocenters. The van der Waals surface area contributed by atoms with Crippen molar-refractivity contribution in [2.45, 2.75) is 119 Å². The minimum Gasteiger partial charge on any atom is -0.465 e. The Kier molecular flexibility index (Phi) is 14.3. The van der Waals surface area contributed by atoms with Crippen molar-refractivity contribution in [2.24, 2.45) is 10.8 Å². The summed E-state index contributed by atoms with van der Waals surface area (Å²) < 4.78 is 10.9. The second-order valence-corrected chi connectivity index (χ2v) is 9.77. The van der Waals surface area contributed by atoms with E-state index in [1.165, 1.54) is 38.5 Å². The van der Waals surface area contributed by atoms with Crippen molar-refractivity contribution >= 4 is 11.9 Å². The summed E-state index contributed by atoms with van der Waals surface area (Å²) in [5.74, 6) is -0.317. The Bertz CT molecular complexity index is 386. The molecule has 0 aromatic carbocycles. The third kappa shape index (κ3) is 15.9. The second-order valence-electron chi connectivity index (χ2n) is 9.77. The average molecular weight is 399 g/mol. The maximum Gasteiger partial charge on any atom is 0.305 e. The number of unbranched alkanes of at least 4 members (excludes halogenated alkanes) is 5. The molecule has 0 saturated carbocycles. The zero-order valence-electron chi connectivity index (χ0n) is 19.5. The molecule has 0 rings (SSSR count). The molecule has 0 aromatic rings. The maximum absolute atomic E-state index is 11.9. The fraction of sp³-hybridized carbons (Fsp3) is 0.917. The summed E-state index contributed by atoms with van der Waals surface area (Å²) in [6.45, 7) is 13.9. The van der Waals surface area contributed by atoms with Crippen LogP contribution in [0.4, 0.5) is 0 Å². The molecule has 28 heavy (non-hydrogen) atoms. The van der Waals surface area contributed by atoms with Gasteiger partial charge in [0.1, 0.15) is 0 Å². The summed E-state index contributed by atoms with van der Waals surface area (Å²) in [6, 6.07) is 0. The average Bonchev–Trinajstić information content (AvgIpc) is 2.62. The van der Waals surface area contributed by atoms with Crippen molar-refractivity contribution in [1.29, 1.82) is 0 Å². The van der Waals surface area contributed by atoms with Crippen molar-refractivity contribution in [2.75, 3.05) is 13.2 Å². The summed E-state index contributed by atoms with van der Waals surface area (Å²) in [7, 11) is 0. The summed E-state index contributed by atoms with van der Waals surface area (Å²) in [4.78, 5) is 23.8. The molecule has 0 N–H and O–H groups in total. The Labute approximate surface area is 174 Å². The predicted molar refractivity (Wildman–Crippen MR) is 116 cm³/mol.